The standard InChI is InChI=1S/C20H36N2O/c1-2-3-4-12-15-18-17-14-11-9-7-5-6-8-10-13-16-19(17)22-20(23)21-18/h18H,2-16H2,1H3,(H2,21,22,23). The molecule has 23 heavy (non-hydrogen) atoms. The fourth-order valence-electron chi connectivity index (χ4n) is 3.96. The van der Waals surface area contributed by atoms with Gasteiger partial charge in [-0.3, -0.25) is 0 Å². The molecule has 1 unspecified atom stereocenters. The minimum atomic E-state index is 0.0244. The number of carbonyl (C=O) groups is 1. The van der Waals surface area contributed by atoms with E-state index in [0.29, 0.717) is 6.04 Å². The minimum absolute atomic E-state index is 0.0244. The molecule has 2 aliphatic rings. The molecule has 3 heteroatoms. The average molecular weight is 321 g/mol. The smallest absolute Gasteiger partial charge is 0.319 e. The zero-order valence-corrected chi connectivity index (χ0v) is 15.1. The maximum Gasteiger partial charge on any atom is 0.319 e. The average Bonchev–Trinajstić information content (AvgIpc) is 2.53. The summed E-state index contributed by atoms with van der Waals surface area (Å²) in [7, 11) is 0. The molecule has 0 spiro atoms. The molecule has 0 radical (unpaired) electrons. The van der Waals surface area contributed by atoms with Gasteiger partial charge in [-0.15, -0.1) is 0 Å². The summed E-state index contributed by atoms with van der Waals surface area (Å²) < 4.78 is 0. The van der Waals surface area contributed by atoms with Gasteiger partial charge in [0.15, 0.2) is 0 Å². The van der Waals surface area contributed by atoms with Gasteiger partial charge in [0.25, 0.3) is 0 Å². The van der Waals surface area contributed by atoms with Gasteiger partial charge in [0.2, 0.25) is 0 Å². The van der Waals surface area contributed by atoms with Crippen molar-refractivity contribution in [2.75, 3.05) is 0 Å². The first-order chi connectivity index (χ1) is 11.3. The van der Waals surface area contributed by atoms with Gasteiger partial charge in [-0.05, 0) is 37.7 Å². The molecule has 0 aromatic heterocycles. The van der Waals surface area contributed by atoms with Crippen LogP contribution in [0.2, 0.25) is 0 Å². The fourth-order valence-corrected chi connectivity index (χ4v) is 3.96. The van der Waals surface area contributed by atoms with Gasteiger partial charge in [0.1, 0.15) is 0 Å². The Kier molecular flexibility index (Phi) is 8.55. The van der Waals surface area contributed by atoms with Crippen LogP contribution >= 0.6 is 0 Å². The summed E-state index contributed by atoms with van der Waals surface area (Å²) in [5, 5.41) is 6.33. The van der Waals surface area contributed by atoms with Gasteiger partial charge in [-0.25, -0.2) is 4.79 Å². The Hall–Kier alpha value is -0.990. The number of unbranched alkanes of at least 4 members (excludes halogenated alkanes) is 3. The van der Waals surface area contributed by atoms with Crippen LogP contribution in [0.1, 0.15) is 103 Å². The molecule has 3 nitrogen and oxygen atoms in total. The minimum Gasteiger partial charge on any atom is -0.331 e. The summed E-state index contributed by atoms with van der Waals surface area (Å²) in [5.74, 6) is 0. The second-order valence-electron chi connectivity index (χ2n) is 7.33. The van der Waals surface area contributed by atoms with Crippen LogP contribution in [0.4, 0.5) is 4.79 Å². The largest absolute Gasteiger partial charge is 0.331 e. The van der Waals surface area contributed by atoms with Gasteiger partial charge in [0, 0.05) is 5.70 Å². The van der Waals surface area contributed by atoms with E-state index in [4.69, 9.17) is 0 Å². The maximum absolute atomic E-state index is 12.0. The Balaban J connectivity index is 2.00. The maximum atomic E-state index is 12.0. The lowest BCUT2D eigenvalue weighted by molar-refractivity contribution is 0.236. The van der Waals surface area contributed by atoms with Gasteiger partial charge in [0.05, 0.1) is 6.04 Å². The summed E-state index contributed by atoms with van der Waals surface area (Å²) in [6.45, 7) is 2.25. The molecule has 0 fully saturated rings. The Morgan fingerprint density at radius 1 is 0.870 bits per heavy atom. The molecule has 0 saturated heterocycles. The van der Waals surface area contributed by atoms with Gasteiger partial charge in [-0.2, -0.15) is 0 Å². The lowest BCUT2D eigenvalue weighted by Crippen LogP contribution is -2.48. The second-order valence-corrected chi connectivity index (χ2v) is 7.33. The number of nitrogens with one attached hydrogen (secondary N) is 2. The molecule has 1 aliphatic heterocycles. The molecule has 132 valence electrons. The van der Waals surface area contributed by atoms with E-state index < -0.39 is 0 Å². The summed E-state index contributed by atoms with van der Waals surface area (Å²) in [4.78, 5) is 12.0. The van der Waals surface area contributed by atoms with E-state index in [-0.39, 0.29) is 6.03 Å². The van der Waals surface area contributed by atoms with E-state index in [1.165, 1.54) is 94.7 Å². The van der Waals surface area contributed by atoms with Crippen molar-refractivity contribution in [1.29, 1.82) is 0 Å². The van der Waals surface area contributed by atoms with Crippen molar-refractivity contribution < 1.29 is 4.79 Å². The monoisotopic (exact) mass is 320 g/mol. The molecular weight excluding hydrogens is 284 g/mol. The molecule has 2 amide bonds. The predicted octanol–water partition coefficient (Wildman–Crippen LogP) is 5.81. The summed E-state index contributed by atoms with van der Waals surface area (Å²) in [6, 6.07) is 0.315. The topological polar surface area (TPSA) is 41.1 Å². The molecule has 2 rings (SSSR count). The van der Waals surface area contributed by atoms with Gasteiger partial charge in [-0.1, -0.05) is 71.1 Å². The summed E-state index contributed by atoms with van der Waals surface area (Å²) in [5.41, 5.74) is 2.77. The van der Waals surface area contributed by atoms with Crippen LogP contribution in [0.25, 0.3) is 0 Å². The molecule has 1 atom stereocenters. The highest BCUT2D eigenvalue weighted by molar-refractivity contribution is 5.78. The molecule has 0 bridgehead atoms. The lowest BCUT2D eigenvalue weighted by atomic mass is 9.90. The molecule has 1 aliphatic carbocycles. The van der Waals surface area contributed by atoms with Crippen molar-refractivity contribution in [2.24, 2.45) is 0 Å². The number of amides is 2. The van der Waals surface area contributed by atoms with Crippen LogP contribution in [0.15, 0.2) is 11.3 Å². The Labute approximate surface area is 142 Å². The molecule has 1 heterocycles. The normalized spacial score (nSPS) is 24.0. The van der Waals surface area contributed by atoms with E-state index >= 15 is 0 Å². The highest BCUT2D eigenvalue weighted by Gasteiger charge is 2.25. The second kappa shape index (κ2) is 10.7. The van der Waals surface area contributed by atoms with E-state index in [9.17, 15) is 4.79 Å². The zero-order chi connectivity index (χ0) is 16.3. The Bertz CT molecular complexity index is 389. The number of allylic oxidation sites excluding steroid dienone is 1. The van der Waals surface area contributed by atoms with Crippen LogP contribution in [0.5, 0.6) is 0 Å². The third-order valence-corrected chi connectivity index (χ3v) is 5.35. The van der Waals surface area contributed by atoms with Crippen LogP contribution in [0.3, 0.4) is 0 Å². The van der Waals surface area contributed by atoms with Crippen LogP contribution < -0.4 is 10.6 Å². The van der Waals surface area contributed by atoms with E-state index in [1.807, 2.05) is 0 Å². The lowest BCUT2D eigenvalue weighted by Gasteiger charge is -2.31. The first-order valence-electron chi connectivity index (χ1n) is 10.1. The summed E-state index contributed by atoms with van der Waals surface area (Å²) >= 11 is 0. The number of carbonyl (C=O) groups excluding carboxylic acids is 1. The zero-order valence-electron chi connectivity index (χ0n) is 15.1. The Morgan fingerprint density at radius 2 is 1.52 bits per heavy atom. The third kappa shape index (κ3) is 6.56. The van der Waals surface area contributed by atoms with Crippen molar-refractivity contribution in [3.8, 4) is 0 Å². The van der Waals surface area contributed by atoms with Gasteiger partial charge < -0.3 is 10.6 Å². The van der Waals surface area contributed by atoms with E-state index in [1.54, 1.807) is 0 Å². The van der Waals surface area contributed by atoms with E-state index in [0.717, 1.165) is 12.8 Å². The highest BCUT2D eigenvalue weighted by Crippen LogP contribution is 2.27. The van der Waals surface area contributed by atoms with Crippen LogP contribution in [-0.2, 0) is 0 Å². The predicted molar refractivity (Wildman–Crippen MR) is 97.4 cm³/mol. The van der Waals surface area contributed by atoms with E-state index in [2.05, 4.69) is 17.6 Å². The molecule has 0 saturated carbocycles. The van der Waals surface area contributed by atoms with Gasteiger partial charge >= 0.3 is 6.03 Å². The van der Waals surface area contributed by atoms with Crippen molar-refractivity contribution >= 4 is 6.03 Å². The van der Waals surface area contributed by atoms with Crippen molar-refractivity contribution in [2.45, 2.75) is 109 Å². The SMILES string of the molecule is CCCCCCC1NC(=O)NC2=C1CCCCCCCCCC2. The van der Waals surface area contributed by atoms with Crippen LogP contribution in [-0.4, -0.2) is 12.1 Å². The fraction of sp³-hybridized carbons (Fsp3) is 0.850. The number of hydrogen-bond donors (Lipinski definition) is 2. The third-order valence-electron chi connectivity index (χ3n) is 5.35. The Morgan fingerprint density at radius 3 is 2.22 bits per heavy atom. The first kappa shape index (κ1) is 18.4. The summed E-state index contributed by atoms with van der Waals surface area (Å²) in [6.07, 6.45) is 19.1. The molecular formula is C20H36N2O. The first-order valence-corrected chi connectivity index (χ1v) is 10.1. The highest BCUT2D eigenvalue weighted by atomic mass is 16.2. The number of rotatable bonds is 5. The molecule has 0 aromatic rings. The van der Waals surface area contributed by atoms with Crippen molar-refractivity contribution in [3.63, 3.8) is 0 Å². The molecule has 0 aromatic carbocycles. The number of urea groups is 1. The quantitative estimate of drug-likeness (QED) is 0.617. The number of hydrogen-bond acceptors (Lipinski definition) is 1. The van der Waals surface area contributed by atoms with Crippen LogP contribution in [0, 0.1) is 0 Å². The van der Waals surface area contributed by atoms with Crippen molar-refractivity contribution in [3.05, 3.63) is 11.3 Å². The van der Waals surface area contributed by atoms with Crippen molar-refractivity contribution in [1.82, 2.24) is 10.6 Å². The molecule has 2 N–H and O–H groups in total.